The zero-order chi connectivity index (χ0) is 12.4. The molecule has 2 aromatic rings. The molecule has 0 bridgehead atoms. The van der Waals surface area contributed by atoms with Crippen LogP contribution in [0.4, 0.5) is 0 Å². The van der Waals surface area contributed by atoms with E-state index in [0.717, 1.165) is 24.3 Å². The van der Waals surface area contributed by atoms with Gasteiger partial charge in [-0.3, -0.25) is 0 Å². The highest BCUT2D eigenvalue weighted by Crippen LogP contribution is 2.35. The molecule has 0 saturated heterocycles. The van der Waals surface area contributed by atoms with Gasteiger partial charge in [0, 0.05) is 12.5 Å². The van der Waals surface area contributed by atoms with Crippen LogP contribution in [0.25, 0.3) is 0 Å². The lowest BCUT2D eigenvalue weighted by molar-refractivity contribution is 0.275. The third-order valence-electron chi connectivity index (χ3n) is 3.57. The molecule has 2 nitrogen and oxygen atoms in total. The predicted octanol–water partition coefficient (Wildman–Crippen LogP) is 2.86. The van der Waals surface area contributed by atoms with Crippen molar-refractivity contribution in [1.29, 1.82) is 0 Å². The molecule has 0 spiro atoms. The molecule has 0 saturated carbocycles. The number of rotatable bonds is 4. The second-order valence-corrected chi connectivity index (χ2v) is 4.76. The summed E-state index contributed by atoms with van der Waals surface area (Å²) in [4.78, 5) is 0. The Morgan fingerprint density at radius 3 is 2.56 bits per heavy atom. The fraction of sp³-hybridized carbons (Fsp3) is 0.250. The highest BCUT2D eigenvalue weighted by atomic mass is 16.5. The minimum Gasteiger partial charge on any atom is -0.493 e. The van der Waals surface area contributed by atoms with Gasteiger partial charge in [-0.05, 0) is 35.2 Å². The van der Waals surface area contributed by atoms with Crippen molar-refractivity contribution in [2.75, 3.05) is 6.61 Å². The Bertz CT molecular complexity index is 533. The average molecular weight is 239 g/mol. The zero-order valence-corrected chi connectivity index (χ0v) is 10.3. The SMILES string of the molecule is NCc1ccc(OCC2Cc3ccccc32)cc1. The summed E-state index contributed by atoms with van der Waals surface area (Å²) in [7, 11) is 0. The van der Waals surface area contributed by atoms with Gasteiger partial charge in [0.15, 0.2) is 0 Å². The van der Waals surface area contributed by atoms with Crippen molar-refractivity contribution in [1.82, 2.24) is 0 Å². The van der Waals surface area contributed by atoms with Crippen molar-refractivity contribution in [3.8, 4) is 5.75 Å². The minimum absolute atomic E-state index is 0.551. The second kappa shape index (κ2) is 4.83. The Morgan fingerprint density at radius 1 is 1.06 bits per heavy atom. The molecule has 2 aromatic carbocycles. The monoisotopic (exact) mass is 239 g/mol. The predicted molar refractivity (Wildman–Crippen MR) is 72.7 cm³/mol. The van der Waals surface area contributed by atoms with E-state index >= 15 is 0 Å². The first-order valence-electron chi connectivity index (χ1n) is 6.36. The van der Waals surface area contributed by atoms with Crippen LogP contribution >= 0.6 is 0 Å². The summed E-state index contributed by atoms with van der Waals surface area (Å²) >= 11 is 0. The van der Waals surface area contributed by atoms with E-state index in [-0.39, 0.29) is 0 Å². The van der Waals surface area contributed by atoms with Crippen LogP contribution in [-0.4, -0.2) is 6.61 Å². The Labute approximate surface area is 107 Å². The molecule has 1 unspecified atom stereocenters. The van der Waals surface area contributed by atoms with Gasteiger partial charge in [-0.1, -0.05) is 36.4 Å². The highest BCUT2D eigenvalue weighted by molar-refractivity contribution is 5.40. The third kappa shape index (κ3) is 2.12. The standard InChI is InChI=1S/C16H17NO/c17-10-12-5-7-15(8-6-12)18-11-14-9-13-3-1-2-4-16(13)14/h1-8,14H,9-11,17H2. The van der Waals surface area contributed by atoms with Gasteiger partial charge in [-0.15, -0.1) is 0 Å². The van der Waals surface area contributed by atoms with Crippen LogP contribution in [0.2, 0.25) is 0 Å². The molecule has 0 amide bonds. The van der Waals surface area contributed by atoms with E-state index < -0.39 is 0 Å². The summed E-state index contributed by atoms with van der Waals surface area (Å²) in [5.41, 5.74) is 9.60. The van der Waals surface area contributed by atoms with Gasteiger partial charge in [-0.25, -0.2) is 0 Å². The first-order chi connectivity index (χ1) is 8.86. The Balaban J connectivity index is 1.59. The molecule has 18 heavy (non-hydrogen) atoms. The number of hydrogen-bond acceptors (Lipinski definition) is 2. The minimum atomic E-state index is 0.551. The topological polar surface area (TPSA) is 35.2 Å². The summed E-state index contributed by atoms with van der Waals surface area (Å²) < 4.78 is 5.83. The van der Waals surface area contributed by atoms with Gasteiger partial charge >= 0.3 is 0 Å². The molecule has 1 aliphatic carbocycles. The highest BCUT2D eigenvalue weighted by Gasteiger charge is 2.25. The number of benzene rings is 2. The van der Waals surface area contributed by atoms with E-state index in [0.29, 0.717) is 12.5 Å². The largest absolute Gasteiger partial charge is 0.493 e. The van der Waals surface area contributed by atoms with Gasteiger partial charge in [0.1, 0.15) is 5.75 Å². The number of nitrogens with two attached hydrogens (primary N) is 1. The molecule has 0 radical (unpaired) electrons. The Hall–Kier alpha value is -1.80. The Morgan fingerprint density at radius 2 is 1.83 bits per heavy atom. The van der Waals surface area contributed by atoms with Crippen molar-refractivity contribution in [3.05, 3.63) is 65.2 Å². The molecule has 0 fully saturated rings. The summed E-state index contributed by atoms with van der Waals surface area (Å²) in [6.45, 7) is 1.34. The molecule has 3 rings (SSSR count). The van der Waals surface area contributed by atoms with Gasteiger partial charge in [0.2, 0.25) is 0 Å². The van der Waals surface area contributed by atoms with Gasteiger partial charge < -0.3 is 10.5 Å². The number of ether oxygens (including phenoxy) is 1. The molecule has 2 N–H and O–H groups in total. The lowest BCUT2D eigenvalue weighted by Crippen LogP contribution is -2.23. The van der Waals surface area contributed by atoms with Crippen LogP contribution in [0.3, 0.4) is 0 Å². The molecular formula is C16H17NO. The summed E-state index contributed by atoms with van der Waals surface area (Å²) in [5.74, 6) is 1.48. The molecule has 0 heterocycles. The molecule has 0 aromatic heterocycles. The maximum absolute atomic E-state index is 5.83. The van der Waals surface area contributed by atoms with Crippen LogP contribution in [0.15, 0.2) is 48.5 Å². The molecule has 1 aliphatic rings. The third-order valence-corrected chi connectivity index (χ3v) is 3.57. The van der Waals surface area contributed by atoms with E-state index in [1.807, 2.05) is 24.3 Å². The summed E-state index contributed by atoms with van der Waals surface area (Å²) in [6.07, 6.45) is 1.14. The van der Waals surface area contributed by atoms with Gasteiger partial charge in [0.05, 0.1) is 6.61 Å². The summed E-state index contributed by atoms with van der Waals surface area (Å²) in [5, 5.41) is 0. The van der Waals surface area contributed by atoms with Crippen molar-refractivity contribution < 1.29 is 4.74 Å². The van der Waals surface area contributed by atoms with Crippen LogP contribution < -0.4 is 10.5 Å². The Kier molecular flexibility index (Phi) is 3.03. The van der Waals surface area contributed by atoms with E-state index in [9.17, 15) is 0 Å². The first-order valence-corrected chi connectivity index (χ1v) is 6.36. The van der Waals surface area contributed by atoms with Crippen LogP contribution in [0.1, 0.15) is 22.6 Å². The van der Waals surface area contributed by atoms with Gasteiger partial charge in [0.25, 0.3) is 0 Å². The van der Waals surface area contributed by atoms with E-state index in [4.69, 9.17) is 10.5 Å². The van der Waals surface area contributed by atoms with E-state index in [2.05, 4.69) is 24.3 Å². The van der Waals surface area contributed by atoms with Crippen molar-refractivity contribution in [2.45, 2.75) is 18.9 Å². The van der Waals surface area contributed by atoms with Crippen molar-refractivity contribution in [2.24, 2.45) is 5.73 Å². The zero-order valence-electron chi connectivity index (χ0n) is 10.3. The molecule has 0 aliphatic heterocycles. The molecule has 92 valence electrons. The lowest BCUT2D eigenvalue weighted by atomic mass is 9.78. The summed E-state index contributed by atoms with van der Waals surface area (Å²) in [6, 6.07) is 16.6. The smallest absolute Gasteiger partial charge is 0.119 e. The molecular weight excluding hydrogens is 222 g/mol. The maximum atomic E-state index is 5.83. The van der Waals surface area contributed by atoms with Crippen molar-refractivity contribution in [3.63, 3.8) is 0 Å². The quantitative estimate of drug-likeness (QED) is 0.890. The van der Waals surface area contributed by atoms with Gasteiger partial charge in [-0.2, -0.15) is 0 Å². The second-order valence-electron chi connectivity index (χ2n) is 4.76. The number of fused-ring (bicyclic) bond motifs is 1. The maximum Gasteiger partial charge on any atom is 0.119 e. The first kappa shape index (κ1) is 11.3. The van der Waals surface area contributed by atoms with Crippen LogP contribution in [0, 0.1) is 0 Å². The fourth-order valence-electron chi connectivity index (χ4n) is 2.43. The van der Waals surface area contributed by atoms with Crippen molar-refractivity contribution >= 4 is 0 Å². The average Bonchev–Trinajstić information content (AvgIpc) is 2.40. The normalized spacial score (nSPS) is 16.8. The van der Waals surface area contributed by atoms with Crippen LogP contribution in [-0.2, 0) is 13.0 Å². The fourth-order valence-corrected chi connectivity index (χ4v) is 2.43. The lowest BCUT2D eigenvalue weighted by Gasteiger charge is -2.29. The van der Waals surface area contributed by atoms with Crippen LogP contribution in [0.5, 0.6) is 5.75 Å². The van der Waals surface area contributed by atoms with E-state index in [1.54, 1.807) is 0 Å². The van der Waals surface area contributed by atoms with E-state index in [1.165, 1.54) is 11.1 Å². The molecule has 2 heteroatoms. The number of hydrogen-bond donors (Lipinski definition) is 1. The molecule has 1 atom stereocenters.